The monoisotopic (exact) mass is 292 g/mol. The summed E-state index contributed by atoms with van der Waals surface area (Å²) in [5.41, 5.74) is 1.28. The third-order valence-corrected chi connectivity index (χ3v) is 4.49. The van der Waals surface area contributed by atoms with Crippen molar-refractivity contribution in [3.63, 3.8) is 0 Å². The normalized spacial score (nSPS) is 20.3. The molecule has 2 rings (SSSR count). The Hall–Kier alpha value is -0.800. The summed E-state index contributed by atoms with van der Waals surface area (Å²) < 4.78 is 6.09. The molecule has 1 unspecified atom stereocenters. The number of aryl methyl sites for hydroxylation is 1. The Labute approximate surface area is 130 Å². The molecule has 1 aliphatic heterocycles. The van der Waals surface area contributed by atoms with Gasteiger partial charge in [0, 0.05) is 6.04 Å². The van der Waals surface area contributed by atoms with Crippen LogP contribution in [0.2, 0.25) is 0 Å². The van der Waals surface area contributed by atoms with E-state index in [1.54, 1.807) is 0 Å². The van der Waals surface area contributed by atoms with Crippen LogP contribution in [0.25, 0.3) is 0 Å². The predicted molar refractivity (Wildman–Crippen MR) is 88.3 cm³/mol. The van der Waals surface area contributed by atoms with Crippen molar-refractivity contribution in [3.8, 4) is 0 Å². The fraction of sp³-hybridized carbons (Fsp3) is 0.778. The average Bonchev–Trinajstić information content (AvgIpc) is 2.79. The lowest BCUT2D eigenvalue weighted by Crippen LogP contribution is -2.38. The number of piperidine rings is 1. The lowest BCUT2D eigenvalue weighted by Gasteiger charge is -2.34. The van der Waals surface area contributed by atoms with Crippen LogP contribution in [0, 0.1) is 12.8 Å². The molecule has 2 heterocycles. The van der Waals surface area contributed by atoms with Crippen LogP contribution in [0.4, 0.5) is 0 Å². The number of nitrogens with one attached hydrogen (secondary N) is 1. The van der Waals surface area contributed by atoms with Crippen LogP contribution in [-0.2, 0) is 13.1 Å². The van der Waals surface area contributed by atoms with Crippen molar-refractivity contribution in [2.75, 3.05) is 13.1 Å². The Morgan fingerprint density at radius 2 is 2.19 bits per heavy atom. The van der Waals surface area contributed by atoms with Gasteiger partial charge in [-0.25, -0.2) is 0 Å². The van der Waals surface area contributed by atoms with Gasteiger partial charge in [-0.2, -0.15) is 0 Å². The van der Waals surface area contributed by atoms with Crippen LogP contribution in [0.1, 0.15) is 63.5 Å². The van der Waals surface area contributed by atoms with Gasteiger partial charge in [0.2, 0.25) is 0 Å². The quantitative estimate of drug-likeness (QED) is 0.820. The number of furan rings is 1. The first kappa shape index (κ1) is 16.6. The summed E-state index contributed by atoms with van der Waals surface area (Å²) in [7, 11) is 0. The molecule has 1 N–H and O–H groups in total. The third kappa shape index (κ3) is 4.86. The van der Waals surface area contributed by atoms with Gasteiger partial charge in [0.1, 0.15) is 11.5 Å². The molecule has 1 fully saturated rings. The highest BCUT2D eigenvalue weighted by Crippen LogP contribution is 2.23. The first-order valence-corrected chi connectivity index (χ1v) is 8.63. The van der Waals surface area contributed by atoms with Crippen LogP contribution in [-0.4, -0.2) is 24.0 Å². The highest BCUT2D eigenvalue weighted by Gasteiger charge is 2.22. The van der Waals surface area contributed by atoms with Crippen LogP contribution < -0.4 is 5.32 Å². The van der Waals surface area contributed by atoms with E-state index in [2.05, 4.69) is 44.0 Å². The highest BCUT2D eigenvalue weighted by atomic mass is 16.3. The van der Waals surface area contributed by atoms with Gasteiger partial charge < -0.3 is 9.73 Å². The average molecular weight is 292 g/mol. The number of likely N-dealkylation sites (tertiary alicyclic amines) is 1. The molecule has 0 aliphatic carbocycles. The van der Waals surface area contributed by atoms with Gasteiger partial charge in [0.15, 0.2) is 0 Å². The van der Waals surface area contributed by atoms with E-state index in [1.807, 2.05) is 0 Å². The molecule has 1 aliphatic rings. The number of rotatable bonds is 7. The first-order chi connectivity index (χ1) is 10.1. The zero-order valence-electron chi connectivity index (χ0n) is 14.2. The first-order valence-electron chi connectivity index (χ1n) is 8.63. The van der Waals surface area contributed by atoms with Gasteiger partial charge in [0.05, 0.1) is 13.1 Å². The van der Waals surface area contributed by atoms with E-state index in [0.29, 0.717) is 5.92 Å². The van der Waals surface area contributed by atoms with E-state index in [0.717, 1.165) is 37.2 Å². The van der Waals surface area contributed by atoms with Gasteiger partial charge >= 0.3 is 0 Å². The Bertz CT molecular complexity index is 425. The Morgan fingerprint density at radius 3 is 2.90 bits per heavy atom. The van der Waals surface area contributed by atoms with E-state index >= 15 is 0 Å². The molecule has 3 heteroatoms. The van der Waals surface area contributed by atoms with Crippen molar-refractivity contribution in [1.82, 2.24) is 10.2 Å². The predicted octanol–water partition coefficient (Wildman–Crippen LogP) is 4.10. The summed E-state index contributed by atoms with van der Waals surface area (Å²) in [6.07, 6.45) is 5.32. The molecule has 3 nitrogen and oxygen atoms in total. The van der Waals surface area contributed by atoms with E-state index in [9.17, 15) is 0 Å². The fourth-order valence-electron chi connectivity index (χ4n) is 3.25. The lowest BCUT2D eigenvalue weighted by molar-refractivity contribution is 0.125. The third-order valence-electron chi connectivity index (χ3n) is 4.49. The van der Waals surface area contributed by atoms with Crippen molar-refractivity contribution in [3.05, 3.63) is 23.2 Å². The molecule has 0 bridgehead atoms. The lowest BCUT2D eigenvalue weighted by atomic mass is 10.00. The van der Waals surface area contributed by atoms with Crippen molar-refractivity contribution in [2.24, 2.45) is 5.92 Å². The molecule has 0 amide bonds. The van der Waals surface area contributed by atoms with Crippen LogP contribution in [0.3, 0.4) is 0 Å². The molecule has 1 atom stereocenters. The second kappa shape index (κ2) is 8.00. The fourth-order valence-corrected chi connectivity index (χ4v) is 3.25. The molecule has 21 heavy (non-hydrogen) atoms. The summed E-state index contributed by atoms with van der Waals surface area (Å²) in [4.78, 5) is 2.60. The zero-order valence-corrected chi connectivity index (χ0v) is 14.2. The summed E-state index contributed by atoms with van der Waals surface area (Å²) in [5.74, 6) is 2.92. The summed E-state index contributed by atoms with van der Waals surface area (Å²) >= 11 is 0. The maximum absolute atomic E-state index is 6.09. The smallest absolute Gasteiger partial charge is 0.120 e. The van der Waals surface area contributed by atoms with Crippen molar-refractivity contribution in [2.45, 2.75) is 72.5 Å². The molecular formula is C18H32N2O. The maximum Gasteiger partial charge on any atom is 0.120 e. The molecule has 0 radical (unpaired) electrons. The molecule has 1 aromatic heterocycles. The van der Waals surface area contributed by atoms with E-state index < -0.39 is 0 Å². The molecule has 120 valence electrons. The summed E-state index contributed by atoms with van der Waals surface area (Å²) in [6.45, 7) is 13.0. The largest absolute Gasteiger partial charge is 0.463 e. The van der Waals surface area contributed by atoms with Crippen molar-refractivity contribution < 1.29 is 4.42 Å². The molecule has 0 spiro atoms. The maximum atomic E-state index is 6.09. The molecule has 0 aromatic carbocycles. The second-order valence-corrected chi connectivity index (χ2v) is 6.87. The topological polar surface area (TPSA) is 28.4 Å². The van der Waals surface area contributed by atoms with Crippen LogP contribution in [0.15, 0.2) is 10.5 Å². The Balaban J connectivity index is 1.91. The molecular weight excluding hydrogens is 260 g/mol. The zero-order chi connectivity index (χ0) is 15.2. The minimum absolute atomic E-state index is 0.679. The Kier molecular flexibility index (Phi) is 6.31. The number of nitrogens with zero attached hydrogens (tertiary/aromatic N) is 1. The van der Waals surface area contributed by atoms with Gasteiger partial charge in [0.25, 0.3) is 0 Å². The summed E-state index contributed by atoms with van der Waals surface area (Å²) in [5, 5.41) is 3.47. The van der Waals surface area contributed by atoms with Gasteiger partial charge in [-0.3, -0.25) is 4.90 Å². The van der Waals surface area contributed by atoms with Crippen LogP contribution >= 0.6 is 0 Å². The van der Waals surface area contributed by atoms with Crippen molar-refractivity contribution in [1.29, 1.82) is 0 Å². The SMILES string of the molecule is CCC1CCCCN1Cc1cc(C)c(CNCC(C)C)o1. The minimum atomic E-state index is 0.679. The molecule has 0 saturated carbocycles. The molecule has 1 saturated heterocycles. The number of hydrogen-bond acceptors (Lipinski definition) is 3. The Morgan fingerprint density at radius 1 is 1.38 bits per heavy atom. The van der Waals surface area contributed by atoms with Crippen LogP contribution in [0.5, 0.6) is 0 Å². The second-order valence-electron chi connectivity index (χ2n) is 6.87. The van der Waals surface area contributed by atoms with E-state index in [-0.39, 0.29) is 0 Å². The molecule has 1 aromatic rings. The highest BCUT2D eigenvalue weighted by molar-refractivity contribution is 5.20. The van der Waals surface area contributed by atoms with Crippen molar-refractivity contribution >= 4 is 0 Å². The van der Waals surface area contributed by atoms with Gasteiger partial charge in [-0.15, -0.1) is 0 Å². The van der Waals surface area contributed by atoms with E-state index in [4.69, 9.17) is 4.42 Å². The summed E-state index contributed by atoms with van der Waals surface area (Å²) in [6, 6.07) is 2.97. The number of hydrogen-bond donors (Lipinski definition) is 1. The van der Waals surface area contributed by atoms with E-state index in [1.165, 1.54) is 37.8 Å². The van der Waals surface area contributed by atoms with Gasteiger partial charge in [-0.1, -0.05) is 27.2 Å². The van der Waals surface area contributed by atoms with Gasteiger partial charge in [-0.05, 0) is 56.8 Å². The standard InChI is InChI=1S/C18H32N2O/c1-5-16-8-6-7-9-20(16)13-17-10-15(4)18(21-17)12-19-11-14(2)3/h10,14,16,19H,5-9,11-13H2,1-4H3. The minimum Gasteiger partial charge on any atom is -0.463 e.